The second-order valence-electron chi connectivity index (χ2n) is 3.54. The van der Waals surface area contributed by atoms with E-state index in [1.165, 1.54) is 24.6 Å². The fourth-order valence-corrected chi connectivity index (χ4v) is 2.60. The maximum atomic E-state index is 11.3. The van der Waals surface area contributed by atoms with E-state index in [0.29, 0.717) is 21.3 Å². The topological polar surface area (TPSA) is 39.2 Å². The van der Waals surface area contributed by atoms with Crippen molar-refractivity contribution < 1.29 is 9.53 Å². The number of carbonyl (C=O) groups excluding carboxylic acids is 1. The summed E-state index contributed by atoms with van der Waals surface area (Å²) >= 11 is 13.1. The van der Waals surface area contributed by atoms with E-state index in [0.717, 1.165) is 10.6 Å². The summed E-state index contributed by atoms with van der Waals surface area (Å²) in [7, 11) is 1.35. The molecule has 2 rings (SSSR count). The molecule has 0 unspecified atom stereocenters. The molecule has 0 saturated heterocycles. The summed E-state index contributed by atoms with van der Waals surface area (Å²) in [4.78, 5) is 16.0. The number of rotatable bonds is 3. The lowest BCUT2D eigenvalue weighted by molar-refractivity contribution is 0.0606. The van der Waals surface area contributed by atoms with Crippen molar-refractivity contribution in [1.29, 1.82) is 0 Å². The normalized spacial score (nSPS) is 10.4. The number of aromatic nitrogens is 1. The Morgan fingerprint density at radius 3 is 2.83 bits per heavy atom. The van der Waals surface area contributed by atoms with Gasteiger partial charge in [0.05, 0.1) is 28.4 Å². The molecule has 3 nitrogen and oxygen atoms in total. The van der Waals surface area contributed by atoms with Crippen LogP contribution in [-0.2, 0) is 11.2 Å². The van der Waals surface area contributed by atoms with Gasteiger partial charge < -0.3 is 4.74 Å². The van der Waals surface area contributed by atoms with Crippen LogP contribution in [0.5, 0.6) is 0 Å². The predicted molar refractivity (Wildman–Crippen MR) is 72.7 cm³/mol. The van der Waals surface area contributed by atoms with E-state index in [9.17, 15) is 4.79 Å². The minimum atomic E-state index is -0.368. The van der Waals surface area contributed by atoms with Gasteiger partial charge in [0.1, 0.15) is 4.88 Å². The molecule has 18 heavy (non-hydrogen) atoms. The average molecular weight is 302 g/mol. The quantitative estimate of drug-likeness (QED) is 0.809. The van der Waals surface area contributed by atoms with Gasteiger partial charge in [0.15, 0.2) is 0 Å². The minimum Gasteiger partial charge on any atom is -0.465 e. The van der Waals surface area contributed by atoms with Crippen LogP contribution in [0.2, 0.25) is 10.0 Å². The van der Waals surface area contributed by atoms with E-state index in [-0.39, 0.29) is 5.97 Å². The van der Waals surface area contributed by atoms with Crippen LogP contribution >= 0.6 is 34.5 Å². The van der Waals surface area contributed by atoms with Crippen LogP contribution in [0, 0.1) is 0 Å². The van der Waals surface area contributed by atoms with Gasteiger partial charge in [-0.15, -0.1) is 11.3 Å². The highest BCUT2D eigenvalue weighted by atomic mass is 35.5. The Morgan fingerprint density at radius 1 is 1.39 bits per heavy atom. The summed E-state index contributed by atoms with van der Waals surface area (Å²) in [6, 6.07) is 5.42. The third kappa shape index (κ3) is 3.02. The first-order chi connectivity index (χ1) is 8.60. The number of ether oxygens (including phenoxy) is 1. The molecule has 0 radical (unpaired) electrons. The molecule has 1 aromatic carbocycles. The maximum Gasteiger partial charge on any atom is 0.349 e. The molecule has 0 bridgehead atoms. The predicted octanol–water partition coefficient (Wildman–Crippen LogP) is 3.83. The Kier molecular flexibility index (Phi) is 4.22. The van der Waals surface area contributed by atoms with Gasteiger partial charge in [-0.05, 0) is 17.7 Å². The fraction of sp³-hybridized carbons (Fsp3) is 0.167. The van der Waals surface area contributed by atoms with Crippen molar-refractivity contribution in [3.8, 4) is 0 Å². The van der Waals surface area contributed by atoms with E-state index in [2.05, 4.69) is 9.72 Å². The number of thiazole rings is 1. The van der Waals surface area contributed by atoms with E-state index in [1.54, 1.807) is 12.1 Å². The van der Waals surface area contributed by atoms with Gasteiger partial charge in [0.25, 0.3) is 0 Å². The van der Waals surface area contributed by atoms with Crippen molar-refractivity contribution in [2.45, 2.75) is 6.42 Å². The first-order valence-corrected chi connectivity index (χ1v) is 6.64. The number of nitrogens with zero attached hydrogens (tertiary/aromatic N) is 1. The number of carbonyl (C=O) groups is 1. The van der Waals surface area contributed by atoms with Crippen molar-refractivity contribution >= 4 is 40.5 Å². The molecule has 94 valence electrons. The summed E-state index contributed by atoms with van der Waals surface area (Å²) in [5, 5.41) is 1.86. The highest BCUT2D eigenvalue weighted by Crippen LogP contribution is 2.25. The number of halogens is 2. The molecular weight excluding hydrogens is 293 g/mol. The van der Waals surface area contributed by atoms with Gasteiger partial charge in [-0.3, -0.25) is 0 Å². The average Bonchev–Trinajstić information content (AvgIpc) is 2.81. The third-order valence-electron chi connectivity index (χ3n) is 2.28. The van der Waals surface area contributed by atoms with Gasteiger partial charge in [-0.25, -0.2) is 9.78 Å². The molecule has 0 aliphatic carbocycles. The Labute approximate surface area is 118 Å². The number of hydrogen-bond acceptors (Lipinski definition) is 4. The maximum absolute atomic E-state index is 11.3. The molecule has 1 heterocycles. The van der Waals surface area contributed by atoms with Crippen molar-refractivity contribution in [2.75, 3.05) is 7.11 Å². The Hall–Kier alpha value is -1.10. The highest BCUT2D eigenvalue weighted by Gasteiger charge is 2.11. The summed E-state index contributed by atoms with van der Waals surface area (Å²) in [5.41, 5.74) is 0.996. The molecule has 1 aromatic heterocycles. The molecule has 0 spiro atoms. The van der Waals surface area contributed by atoms with Crippen LogP contribution < -0.4 is 0 Å². The number of esters is 1. The summed E-state index contributed by atoms with van der Waals surface area (Å²) < 4.78 is 4.63. The third-order valence-corrected chi connectivity index (χ3v) is 4.00. The van der Waals surface area contributed by atoms with Crippen LogP contribution in [0.4, 0.5) is 0 Å². The van der Waals surface area contributed by atoms with Crippen molar-refractivity contribution in [3.63, 3.8) is 0 Å². The van der Waals surface area contributed by atoms with Crippen molar-refractivity contribution in [3.05, 3.63) is 49.9 Å². The number of benzene rings is 1. The van der Waals surface area contributed by atoms with Crippen molar-refractivity contribution in [1.82, 2.24) is 4.98 Å². The zero-order chi connectivity index (χ0) is 13.1. The van der Waals surface area contributed by atoms with Crippen LogP contribution in [0.3, 0.4) is 0 Å². The summed E-state index contributed by atoms with van der Waals surface area (Å²) in [6.07, 6.45) is 2.13. The SMILES string of the molecule is COC(=O)c1cnc(Cc2ccc(Cl)c(Cl)c2)s1. The molecular formula is C12H9Cl2NO2S. The van der Waals surface area contributed by atoms with Gasteiger partial charge in [0, 0.05) is 6.42 Å². The minimum absolute atomic E-state index is 0.368. The summed E-state index contributed by atoms with van der Waals surface area (Å²) in [5.74, 6) is -0.368. The zero-order valence-electron chi connectivity index (χ0n) is 9.44. The fourth-order valence-electron chi connectivity index (χ4n) is 1.41. The molecule has 2 aromatic rings. The van der Waals surface area contributed by atoms with Crippen LogP contribution in [0.15, 0.2) is 24.4 Å². The van der Waals surface area contributed by atoms with E-state index in [1.807, 2.05) is 6.07 Å². The molecule has 0 aliphatic rings. The smallest absolute Gasteiger partial charge is 0.349 e. The van der Waals surface area contributed by atoms with E-state index in [4.69, 9.17) is 23.2 Å². The van der Waals surface area contributed by atoms with Gasteiger partial charge in [-0.1, -0.05) is 29.3 Å². The molecule has 0 fully saturated rings. The monoisotopic (exact) mass is 301 g/mol. The van der Waals surface area contributed by atoms with Crippen molar-refractivity contribution in [2.24, 2.45) is 0 Å². The van der Waals surface area contributed by atoms with E-state index < -0.39 is 0 Å². The largest absolute Gasteiger partial charge is 0.465 e. The van der Waals surface area contributed by atoms with Gasteiger partial charge >= 0.3 is 5.97 Å². The zero-order valence-corrected chi connectivity index (χ0v) is 11.8. The Balaban J connectivity index is 2.16. The molecule has 6 heteroatoms. The molecule has 0 atom stereocenters. The Bertz CT molecular complexity index is 583. The Morgan fingerprint density at radius 2 is 2.17 bits per heavy atom. The lowest BCUT2D eigenvalue weighted by Gasteiger charge is -2.00. The van der Waals surface area contributed by atoms with Gasteiger partial charge in [0.2, 0.25) is 0 Å². The first kappa shape index (κ1) is 13.3. The van der Waals surface area contributed by atoms with Crippen LogP contribution in [0.1, 0.15) is 20.2 Å². The standard InChI is InChI=1S/C12H9Cl2NO2S/c1-17-12(16)10-6-15-11(18-10)5-7-2-3-8(13)9(14)4-7/h2-4,6H,5H2,1H3. The second-order valence-corrected chi connectivity index (χ2v) is 5.46. The number of methoxy groups -OCH3 is 1. The van der Waals surface area contributed by atoms with Crippen LogP contribution in [0.25, 0.3) is 0 Å². The molecule has 0 saturated carbocycles. The van der Waals surface area contributed by atoms with Crippen LogP contribution in [-0.4, -0.2) is 18.1 Å². The summed E-state index contributed by atoms with van der Waals surface area (Å²) in [6.45, 7) is 0. The second kappa shape index (κ2) is 5.69. The molecule has 0 aliphatic heterocycles. The lowest BCUT2D eigenvalue weighted by atomic mass is 10.2. The van der Waals surface area contributed by atoms with E-state index >= 15 is 0 Å². The van der Waals surface area contributed by atoms with Gasteiger partial charge in [-0.2, -0.15) is 0 Å². The first-order valence-electron chi connectivity index (χ1n) is 5.07. The highest BCUT2D eigenvalue weighted by molar-refractivity contribution is 7.13. The molecule has 0 amide bonds. The lowest BCUT2D eigenvalue weighted by Crippen LogP contribution is -1.96. The molecule has 0 N–H and O–H groups in total. The number of hydrogen-bond donors (Lipinski definition) is 0.